The van der Waals surface area contributed by atoms with Crippen molar-refractivity contribution in [2.45, 2.75) is 12.8 Å². The Hall–Kier alpha value is -1.27. The molecule has 0 aliphatic carbocycles. The van der Waals surface area contributed by atoms with Crippen molar-refractivity contribution in [1.82, 2.24) is 4.98 Å². The van der Waals surface area contributed by atoms with E-state index >= 15 is 0 Å². The molecule has 0 fully saturated rings. The van der Waals surface area contributed by atoms with Crippen molar-refractivity contribution in [3.05, 3.63) is 45.4 Å². The van der Waals surface area contributed by atoms with E-state index in [-0.39, 0.29) is 12.4 Å². The van der Waals surface area contributed by atoms with Gasteiger partial charge in [-0.15, -0.1) is 11.3 Å². The van der Waals surface area contributed by atoms with E-state index in [0.717, 1.165) is 6.07 Å². The van der Waals surface area contributed by atoms with Crippen molar-refractivity contribution in [1.29, 1.82) is 0 Å². The van der Waals surface area contributed by atoms with Crippen LogP contribution in [0.1, 0.15) is 10.4 Å². The molecule has 2 rings (SSSR count). The Bertz CT molecular complexity index is 541. The molecule has 1 aromatic heterocycles. The average molecular weight is 294 g/mol. The van der Waals surface area contributed by atoms with Crippen LogP contribution in [0.4, 0.5) is 13.2 Å². The molecule has 0 radical (unpaired) electrons. The molecule has 0 unspecified atom stereocenters. The first kappa shape index (κ1) is 13.2. The predicted molar refractivity (Wildman–Crippen MR) is 62.9 cm³/mol. The highest BCUT2D eigenvalue weighted by molar-refractivity contribution is 7.15. The van der Waals surface area contributed by atoms with E-state index < -0.39 is 11.7 Å². The maximum Gasteiger partial charge on any atom is 0.419 e. The van der Waals surface area contributed by atoms with Crippen LogP contribution in [0.2, 0.25) is 4.47 Å². The molecule has 0 atom stereocenters. The molecule has 0 saturated carbocycles. The molecule has 1 aromatic carbocycles. The molecule has 0 amide bonds. The smallest absolute Gasteiger partial charge is 0.419 e. The van der Waals surface area contributed by atoms with Crippen LogP contribution in [-0.2, 0) is 12.8 Å². The summed E-state index contributed by atoms with van der Waals surface area (Å²) < 4.78 is 43.5. The fourth-order valence-corrected chi connectivity index (χ4v) is 2.22. The topological polar surface area (TPSA) is 22.1 Å². The van der Waals surface area contributed by atoms with Crippen molar-refractivity contribution in [2.24, 2.45) is 0 Å². The van der Waals surface area contributed by atoms with Gasteiger partial charge in [0, 0.05) is 6.20 Å². The third-order valence-electron chi connectivity index (χ3n) is 2.09. The molecule has 0 N–H and O–H groups in total. The van der Waals surface area contributed by atoms with Crippen molar-refractivity contribution in [3.8, 4) is 5.75 Å². The van der Waals surface area contributed by atoms with E-state index in [1.165, 1.54) is 35.7 Å². The summed E-state index contributed by atoms with van der Waals surface area (Å²) in [5.41, 5.74) is -0.791. The van der Waals surface area contributed by atoms with Gasteiger partial charge in [-0.1, -0.05) is 23.7 Å². The molecule has 0 aliphatic rings. The number of aromatic nitrogens is 1. The van der Waals surface area contributed by atoms with Gasteiger partial charge >= 0.3 is 6.18 Å². The Balaban J connectivity index is 2.14. The van der Waals surface area contributed by atoms with Gasteiger partial charge in [0.2, 0.25) is 0 Å². The Kier molecular flexibility index (Phi) is 3.77. The van der Waals surface area contributed by atoms with Crippen LogP contribution in [0.15, 0.2) is 30.5 Å². The van der Waals surface area contributed by atoms with Gasteiger partial charge < -0.3 is 4.74 Å². The normalized spacial score (nSPS) is 11.6. The van der Waals surface area contributed by atoms with Gasteiger partial charge in [-0.2, -0.15) is 13.2 Å². The van der Waals surface area contributed by atoms with E-state index in [1.54, 1.807) is 0 Å². The zero-order valence-corrected chi connectivity index (χ0v) is 10.4. The van der Waals surface area contributed by atoms with Gasteiger partial charge in [-0.05, 0) is 12.1 Å². The number of ether oxygens (including phenoxy) is 1. The van der Waals surface area contributed by atoms with Crippen molar-refractivity contribution >= 4 is 22.9 Å². The summed E-state index contributed by atoms with van der Waals surface area (Å²) in [5.74, 6) is -0.200. The summed E-state index contributed by atoms with van der Waals surface area (Å²) in [4.78, 5) is 4.45. The minimum Gasteiger partial charge on any atom is -0.487 e. The molecule has 7 heteroatoms. The van der Waals surface area contributed by atoms with Crippen molar-refractivity contribution in [3.63, 3.8) is 0 Å². The fourth-order valence-electron chi connectivity index (χ4n) is 1.33. The highest BCUT2D eigenvalue weighted by Gasteiger charge is 2.33. The fraction of sp³-hybridized carbons (Fsp3) is 0.182. The first-order valence-electron chi connectivity index (χ1n) is 4.86. The van der Waals surface area contributed by atoms with E-state index in [0.29, 0.717) is 9.34 Å². The largest absolute Gasteiger partial charge is 0.487 e. The molecule has 96 valence electrons. The van der Waals surface area contributed by atoms with E-state index in [1.807, 2.05) is 0 Å². The van der Waals surface area contributed by atoms with Crippen LogP contribution in [0.25, 0.3) is 0 Å². The third kappa shape index (κ3) is 3.14. The second-order valence-electron chi connectivity index (χ2n) is 3.36. The zero-order valence-electron chi connectivity index (χ0n) is 8.87. The molecule has 0 saturated heterocycles. The first-order chi connectivity index (χ1) is 8.47. The highest BCUT2D eigenvalue weighted by Crippen LogP contribution is 2.36. The van der Waals surface area contributed by atoms with Crippen molar-refractivity contribution in [2.75, 3.05) is 0 Å². The van der Waals surface area contributed by atoms with Crippen LogP contribution >= 0.6 is 22.9 Å². The molecule has 0 bridgehead atoms. The molecular formula is C11H7ClF3NOS. The van der Waals surface area contributed by atoms with E-state index in [2.05, 4.69) is 4.98 Å². The number of para-hydroxylation sites is 1. The lowest BCUT2D eigenvalue weighted by molar-refractivity contribution is -0.139. The first-order valence-corrected chi connectivity index (χ1v) is 6.05. The van der Waals surface area contributed by atoms with Crippen LogP contribution in [0.5, 0.6) is 5.75 Å². The van der Waals surface area contributed by atoms with Gasteiger partial charge in [0.15, 0.2) is 4.47 Å². The van der Waals surface area contributed by atoms with Crippen LogP contribution in [0, 0.1) is 0 Å². The standard InChI is InChI=1S/C11H7ClF3NOS/c12-10-16-5-7(18-10)6-17-9-4-2-1-3-8(9)11(13,14)15/h1-5H,6H2. The highest BCUT2D eigenvalue weighted by atomic mass is 35.5. The number of rotatable bonds is 3. The summed E-state index contributed by atoms with van der Waals surface area (Å²) in [6.45, 7) is 0.0114. The third-order valence-corrected chi connectivity index (χ3v) is 3.18. The molecule has 18 heavy (non-hydrogen) atoms. The monoisotopic (exact) mass is 293 g/mol. The Morgan fingerprint density at radius 3 is 2.61 bits per heavy atom. The molecule has 0 aliphatic heterocycles. The molecule has 0 spiro atoms. The van der Waals surface area contributed by atoms with Gasteiger partial charge in [0.05, 0.1) is 10.4 Å². The van der Waals surface area contributed by atoms with E-state index in [4.69, 9.17) is 16.3 Å². The second kappa shape index (κ2) is 5.16. The SMILES string of the molecule is FC(F)(F)c1ccccc1OCc1cnc(Cl)s1. The molecular weight excluding hydrogens is 287 g/mol. The number of hydrogen-bond acceptors (Lipinski definition) is 3. The lowest BCUT2D eigenvalue weighted by Gasteiger charge is -2.12. The van der Waals surface area contributed by atoms with Gasteiger partial charge in [0.1, 0.15) is 12.4 Å². The van der Waals surface area contributed by atoms with Gasteiger partial charge in [-0.25, -0.2) is 4.98 Å². The molecule has 2 aromatic rings. The van der Waals surface area contributed by atoms with Crippen LogP contribution < -0.4 is 4.74 Å². The van der Waals surface area contributed by atoms with E-state index in [9.17, 15) is 13.2 Å². The van der Waals surface area contributed by atoms with Crippen LogP contribution in [0.3, 0.4) is 0 Å². The Morgan fingerprint density at radius 1 is 1.28 bits per heavy atom. The van der Waals surface area contributed by atoms with Crippen molar-refractivity contribution < 1.29 is 17.9 Å². The van der Waals surface area contributed by atoms with Gasteiger partial charge in [-0.3, -0.25) is 0 Å². The van der Waals surface area contributed by atoms with Gasteiger partial charge in [0.25, 0.3) is 0 Å². The number of benzene rings is 1. The zero-order chi connectivity index (χ0) is 13.2. The number of nitrogens with zero attached hydrogens (tertiary/aromatic N) is 1. The average Bonchev–Trinajstić information content (AvgIpc) is 2.72. The second-order valence-corrected chi connectivity index (χ2v) is 5.06. The number of hydrogen-bond donors (Lipinski definition) is 0. The maximum absolute atomic E-state index is 12.7. The molecule has 2 nitrogen and oxygen atoms in total. The number of alkyl halides is 3. The number of thiazole rings is 1. The predicted octanol–water partition coefficient (Wildman–Crippen LogP) is 4.39. The summed E-state index contributed by atoms with van der Waals surface area (Å²) in [7, 11) is 0. The summed E-state index contributed by atoms with van der Waals surface area (Å²) in [5, 5.41) is 0. The van der Waals surface area contributed by atoms with Crippen LogP contribution in [-0.4, -0.2) is 4.98 Å². The quantitative estimate of drug-likeness (QED) is 0.837. The minimum absolute atomic E-state index is 0.0114. The summed E-state index contributed by atoms with van der Waals surface area (Å²) >= 11 is 6.79. The lowest BCUT2D eigenvalue weighted by atomic mass is 10.2. The maximum atomic E-state index is 12.7. The lowest BCUT2D eigenvalue weighted by Crippen LogP contribution is -2.08. The molecule has 1 heterocycles. The number of halogens is 4. The Morgan fingerprint density at radius 2 is 2.00 bits per heavy atom. The summed E-state index contributed by atoms with van der Waals surface area (Å²) in [6, 6.07) is 5.07. The minimum atomic E-state index is -4.43. The summed E-state index contributed by atoms with van der Waals surface area (Å²) in [6.07, 6.45) is -2.95. The Labute approximate surface area is 110 Å².